The van der Waals surface area contributed by atoms with Crippen molar-refractivity contribution in [2.75, 3.05) is 13.9 Å². The molecule has 2 aromatic carbocycles. The molecule has 0 radical (unpaired) electrons. The maximum Gasteiger partial charge on any atom is 0.147 e. The molecule has 0 amide bonds. The minimum atomic E-state index is -0.492. The van der Waals surface area contributed by atoms with Gasteiger partial charge in [-0.3, -0.25) is 0 Å². The van der Waals surface area contributed by atoms with Crippen molar-refractivity contribution in [1.29, 1.82) is 0 Å². The molecule has 0 spiro atoms. The summed E-state index contributed by atoms with van der Waals surface area (Å²) < 4.78 is 19.0. The Bertz CT molecular complexity index is 944. The Morgan fingerprint density at radius 1 is 0.935 bits per heavy atom. The van der Waals surface area contributed by atoms with Gasteiger partial charge >= 0.3 is 0 Å². The van der Waals surface area contributed by atoms with Crippen LogP contribution in [0.2, 0.25) is 0 Å². The first-order chi connectivity index (χ1) is 14.9. The van der Waals surface area contributed by atoms with Gasteiger partial charge in [-0.1, -0.05) is 73.5 Å². The Morgan fingerprint density at radius 2 is 1.71 bits per heavy atom. The predicted molar refractivity (Wildman–Crippen MR) is 125 cm³/mol. The van der Waals surface area contributed by atoms with Crippen LogP contribution in [-0.2, 0) is 27.2 Å². The van der Waals surface area contributed by atoms with Crippen molar-refractivity contribution < 1.29 is 14.2 Å². The standard InChI is InChI=1S/C28H36O3/c1-20-16-17-28(31-19-29-5)26(30-18-22-11-7-6-8-12-22)25-21(2)10-9-13-23(25)14-15-24(20)27(28,3)4/h6-13,26H,14-19H2,1-5H3/t26-,28-/m1/s1. The first-order valence-corrected chi connectivity index (χ1v) is 11.5. The van der Waals surface area contributed by atoms with Gasteiger partial charge in [0.15, 0.2) is 0 Å². The highest BCUT2D eigenvalue weighted by Crippen LogP contribution is 2.59. The zero-order chi connectivity index (χ0) is 22.1. The van der Waals surface area contributed by atoms with E-state index in [2.05, 4.69) is 70.2 Å². The summed E-state index contributed by atoms with van der Waals surface area (Å²) in [5, 5.41) is 0. The molecule has 2 aliphatic carbocycles. The second kappa shape index (κ2) is 8.90. The normalized spacial score (nSPS) is 25.0. The number of hydrogen-bond acceptors (Lipinski definition) is 3. The van der Waals surface area contributed by atoms with Crippen molar-refractivity contribution in [3.8, 4) is 0 Å². The number of methoxy groups -OCH3 is 1. The van der Waals surface area contributed by atoms with Gasteiger partial charge < -0.3 is 14.2 Å². The SMILES string of the molecule is COCO[C@]12CCC(C)=C(CCc3cccc(C)c3[C@H]1OCc1ccccc1)C2(C)C. The van der Waals surface area contributed by atoms with Crippen LogP contribution >= 0.6 is 0 Å². The molecule has 0 N–H and O–H groups in total. The highest BCUT2D eigenvalue weighted by Gasteiger charge is 2.57. The first-order valence-electron chi connectivity index (χ1n) is 11.5. The zero-order valence-corrected chi connectivity index (χ0v) is 19.7. The van der Waals surface area contributed by atoms with Crippen molar-refractivity contribution in [2.24, 2.45) is 5.41 Å². The largest absolute Gasteiger partial charge is 0.366 e. The van der Waals surface area contributed by atoms with Crippen LogP contribution in [0.1, 0.15) is 68.4 Å². The maximum atomic E-state index is 6.87. The fourth-order valence-electron chi connectivity index (χ4n) is 5.90. The maximum absolute atomic E-state index is 6.87. The zero-order valence-electron chi connectivity index (χ0n) is 19.7. The van der Waals surface area contributed by atoms with Crippen LogP contribution in [0.15, 0.2) is 59.7 Å². The Kier molecular flexibility index (Phi) is 6.39. The van der Waals surface area contributed by atoms with Crippen LogP contribution in [-0.4, -0.2) is 19.5 Å². The van der Waals surface area contributed by atoms with Crippen LogP contribution < -0.4 is 0 Å². The minimum Gasteiger partial charge on any atom is -0.366 e. The molecule has 4 rings (SSSR count). The first kappa shape index (κ1) is 22.3. The minimum absolute atomic E-state index is 0.158. The van der Waals surface area contributed by atoms with E-state index in [1.165, 1.54) is 33.4 Å². The van der Waals surface area contributed by atoms with Gasteiger partial charge in [-0.15, -0.1) is 0 Å². The average Bonchev–Trinajstić information content (AvgIpc) is 2.75. The molecule has 0 saturated carbocycles. The van der Waals surface area contributed by atoms with Crippen LogP contribution in [0, 0.1) is 12.3 Å². The average molecular weight is 421 g/mol. The van der Waals surface area contributed by atoms with Crippen LogP contribution in [0.5, 0.6) is 0 Å². The molecule has 2 atom stereocenters. The fraction of sp³-hybridized carbons (Fsp3) is 0.500. The third kappa shape index (κ3) is 3.88. The van der Waals surface area contributed by atoms with E-state index in [-0.39, 0.29) is 18.3 Å². The van der Waals surface area contributed by atoms with Gasteiger partial charge in [0, 0.05) is 12.5 Å². The second-order valence-corrected chi connectivity index (χ2v) is 9.65. The lowest BCUT2D eigenvalue weighted by atomic mass is 9.56. The predicted octanol–water partition coefficient (Wildman–Crippen LogP) is 6.69. The van der Waals surface area contributed by atoms with E-state index >= 15 is 0 Å². The van der Waals surface area contributed by atoms with Gasteiger partial charge in [0.25, 0.3) is 0 Å². The van der Waals surface area contributed by atoms with Crippen LogP contribution in [0.4, 0.5) is 0 Å². The number of hydrogen-bond donors (Lipinski definition) is 0. The number of allylic oxidation sites excluding steroid dienone is 1. The molecule has 2 aromatic rings. The second-order valence-electron chi connectivity index (χ2n) is 9.65. The molecule has 31 heavy (non-hydrogen) atoms. The van der Waals surface area contributed by atoms with Crippen molar-refractivity contribution in [3.63, 3.8) is 0 Å². The molecule has 0 fully saturated rings. The van der Waals surface area contributed by atoms with E-state index in [9.17, 15) is 0 Å². The highest BCUT2D eigenvalue weighted by atomic mass is 16.7. The summed E-state index contributed by atoms with van der Waals surface area (Å²) in [7, 11) is 1.70. The van der Waals surface area contributed by atoms with E-state index < -0.39 is 5.60 Å². The molecular weight excluding hydrogens is 384 g/mol. The molecule has 0 aromatic heterocycles. The summed E-state index contributed by atoms with van der Waals surface area (Å²) in [6.07, 6.45) is 3.90. The summed E-state index contributed by atoms with van der Waals surface area (Å²) in [6, 6.07) is 17.1. The molecule has 0 aliphatic heterocycles. The Labute approximate surface area is 187 Å². The number of ether oxygens (including phenoxy) is 3. The number of benzene rings is 2. The fourth-order valence-corrected chi connectivity index (χ4v) is 5.90. The van der Waals surface area contributed by atoms with E-state index in [1.54, 1.807) is 7.11 Å². The molecule has 3 heteroatoms. The molecule has 2 aliphatic rings. The van der Waals surface area contributed by atoms with E-state index in [0.717, 1.165) is 25.7 Å². The van der Waals surface area contributed by atoms with Crippen molar-refractivity contribution >= 4 is 0 Å². The Balaban J connectivity index is 1.88. The monoisotopic (exact) mass is 420 g/mol. The number of rotatable bonds is 6. The smallest absolute Gasteiger partial charge is 0.147 e. The Hall–Kier alpha value is -1.94. The van der Waals surface area contributed by atoms with Gasteiger partial charge in [-0.25, -0.2) is 0 Å². The summed E-state index contributed by atoms with van der Waals surface area (Å²) in [6.45, 7) is 10.0. The van der Waals surface area contributed by atoms with Crippen molar-refractivity contribution in [2.45, 2.75) is 71.7 Å². The van der Waals surface area contributed by atoms with Crippen molar-refractivity contribution in [1.82, 2.24) is 0 Å². The van der Waals surface area contributed by atoms with E-state index in [1.807, 2.05) is 6.07 Å². The van der Waals surface area contributed by atoms with E-state index in [0.29, 0.717) is 6.61 Å². The summed E-state index contributed by atoms with van der Waals surface area (Å²) in [4.78, 5) is 0. The van der Waals surface area contributed by atoms with Crippen LogP contribution in [0.3, 0.4) is 0 Å². The summed E-state index contributed by atoms with van der Waals surface area (Å²) >= 11 is 0. The van der Waals surface area contributed by atoms with Gasteiger partial charge in [0.2, 0.25) is 0 Å². The third-order valence-corrected chi connectivity index (χ3v) is 7.64. The topological polar surface area (TPSA) is 27.7 Å². The third-order valence-electron chi connectivity index (χ3n) is 7.64. The highest BCUT2D eigenvalue weighted by molar-refractivity contribution is 5.44. The van der Waals surface area contributed by atoms with Gasteiger partial charge in [-0.05, 0) is 61.8 Å². The molecule has 0 saturated heterocycles. The van der Waals surface area contributed by atoms with Gasteiger partial charge in [0.1, 0.15) is 18.5 Å². The molecular formula is C28H36O3. The lowest BCUT2D eigenvalue weighted by molar-refractivity contribution is -0.241. The quantitative estimate of drug-likeness (QED) is 0.385. The molecule has 0 heterocycles. The van der Waals surface area contributed by atoms with Crippen molar-refractivity contribution in [3.05, 3.63) is 81.9 Å². The number of fused-ring (bicyclic) bond motifs is 3. The van der Waals surface area contributed by atoms with E-state index in [4.69, 9.17) is 14.2 Å². The lowest BCUT2D eigenvalue weighted by Gasteiger charge is -2.56. The molecule has 166 valence electrons. The van der Waals surface area contributed by atoms with Crippen LogP contribution in [0.25, 0.3) is 0 Å². The molecule has 2 bridgehead atoms. The summed E-state index contributed by atoms with van der Waals surface area (Å²) in [5.74, 6) is 0. The van der Waals surface area contributed by atoms with Gasteiger partial charge in [0.05, 0.1) is 6.61 Å². The summed E-state index contributed by atoms with van der Waals surface area (Å²) in [5.41, 5.74) is 7.54. The lowest BCUT2D eigenvalue weighted by Crippen LogP contribution is -2.56. The molecule has 3 nitrogen and oxygen atoms in total. The molecule has 0 unspecified atom stereocenters. The Morgan fingerprint density at radius 3 is 2.45 bits per heavy atom. The van der Waals surface area contributed by atoms with Gasteiger partial charge in [-0.2, -0.15) is 0 Å². The number of aryl methyl sites for hydroxylation is 2.